The number of carbonyl (C=O) groups excluding carboxylic acids is 2. The van der Waals surface area contributed by atoms with Gasteiger partial charge in [0.2, 0.25) is 5.91 Å². The summed E-state index contributed by atoms with van der Waals surface area (Å²) in [6.07, 6.45) is -0.977. The first-order valence-corrected chi connectivity index (χ1v) is 13.0. The van der Waals surface area contributed by atoms with Crippen molar-refractivity contribution in [1.29, 1.82) is 0 Å². The van der Waals surface area contributed by atoms with E-state index in [4.69, 9.17) is 17.0 Å². The SMILES string of the molecule is COCCC(O)C(C(=O)[O-])c1ccc(N(C)CC(=O)Nc2cccc(-n3c(-c4ccccc4)n[nH]c3=S)c2)cc1. The Morgan fingerprint density at radius 1 is 1.12 bits per heavy atom. The lowest BCUT2D eigenvalue weighted by Crippen LogP contribution is -2.37. The van der Waals surface area contributed by atoms with Crippen LogP contribution < -0.4 is 15.3 Å². The van der Waals surface area contributed by atoms with Crippen molar-refractivity contribution in [2.75, 3.05) is 37.5 Å². The first-order valence-electron chi connectivity index (χ1n) is 12.6. The minimum Gasteiger partial charge on any atom is -0.549 e. The van der Waals surface area contributed by atoms with Crippen LogP contribution in [0.4, 0.5) is 11.4 Å². The number of carboxylic acids is 1. The lowest BCUT2D eigenvalue weighted by molar-refractivity contribution is -0.310. The molecule has 0 aliphatic heterocycles. The number of aromatic nitrogens is 3. The van der Waals surface area contributed by atoms with Gasteiger partial charge in [0.25, 0.3) is 0 Å². The zero-order chi connectivity index (χ0) is 28.6. The van der Waals surface area contributed by atoms with Crippen LogP contribution in [0.2, 0.25) is 0 Å². The van der Waals surface area contributed by atoms with Crippen molar-refractivity contribution in [3.05, 3.63) is 89.2 Å². The number of aliphatic carboxylic acids is 1. The van der Waals surface area contributed by atoms with E-state index in [-0.39, 0.29) is 25.5 Å². The number of benzene rings is 3. The highest BCUT2D eigenvalue weighted by Crippen LogP contribution is 2.25. The number of aliphatic hydroxyl groups excluding tert-OH is 1. The number of aliphatic hydroxyl groups is 1. The molecule has 0 bridgehead atoms. The van der Waals surface area contributed by atoms with Crippen molar-refractivity contribution in [3.8, 4) is 17.1 Å². The summed E-state index contributed by atoms with van der Waals surface area (Å²) in [7, 11) is 3.24. The van der Waals surface area contributed by atoms with Crippen LogP contribution >= 0.6 is 12.2 Å². The van der Waals surface area contributed by atoms with E-state index in [1.54, 1.807) is 46.8 Å². The monoisotopic (exact) mass is 560 g/mol. The summed E-state index contributed by atoms with van der Waals surface area (Å²) in [4.78, 5) is 26.3. The third-order valence-electron chi connectivity index (χ3n) is 6.42. The van der Waals surface area contributed by atoms with Gasteiger partial charge < -0.3 is 30.0 Å². The van der Waals surface area contributed by atoms with Crippen molar-refractivity contribution in [2.45, 2.75) is 18.4 Å². The topological polar surface area (TPSA) is 136 Å². The third kappa shape index (κ3) is 6.81. The van der Waals surface area contributed by atoms with Crippen LogP contribution in [-0.4, -0.2) is 65.2 Å². The quantitative estimate of drug-likeness (QED) is 0.225. The molecule has 10 nitrogen and oxygen atoms in total. The molecule has 4 aromatic rings. The van der Waals surface area contributed by atoms with Gasteiger partial charge in [-0.15, -0.1) is 0 Å². The van der Waals surface area contributed by atoms with Gasteiger partial charge in [0.05, 0.1) is 24.3 Å². The molecule has 11 heteroatoms. The fourth-order valence-electron chi connectivity index (χ4n) is 4.40. The predicted octanol–water partition coefficient (Wildman–Crippen LogP) is 2.90. The molecule has 1 heterocycles. The summed E-state index contributed by atoms with van der Waals surface area (Å²) in [6.45, 7) is 0.275. The molecule has 0 saturated heterocycles. The molecule has 3 aromatic carbocycles. The summed E-state index contributed by atoms with van der Waals surface area (Å²) >= 11 is 5.46. The van der Waals surface area contributed by atoms with Crippen molar-refractivity contribution < 1.29 is 24.5 Å². The summed E-state index contributed by atoms with van der Waals surface area (Å²) < 4.78 is 7.17. The van der Waals surface area contributed by atoms with Gasteiger partial charge in [-0.25, -0.2) is 0 Å². The number of nitrogens with one attached hydrogen (secondary N) is 2. The zero-order valence-corrected chi connectivity index (χ0v) is 22.9. The fourth-order valence-corrected chi connectivity index (χ4v) is 4.64. The highest BCUT2D eigenvalue weighted by atomic mass is 32.1. The maximum Gasteiger partial charge on any atom is 0.243 e. The van der Waals surface area contributed by atoms with Crippen LogP contribution in [-0.2, 0) is 14.3 Å². The Kier molecular flexibility index (Phi) is 9.43. The maximum absolute atomic E-state index is 12.9. The molecule has 2 atom stereocenters. The molecule has 208 valence electrons. The van der Waals surface area contributed by atoms with E-state index in [2.05, 4.69) is 15.5 Å². The molecule has 2 unspecified atom stereocenters. The molecule has 4 rings (SSSR count). The smallest absolute Gasteiger partial charge is 0.243 e. The molecule has 3 N–H and O–H groups in total. The number of hydrogen-bond donors (Lipinski definition) is 3. The largest absolute Gasteiger partial charge is 0.549 e. The second kappa shape index (κ2) is 13.2. The van der Waals surface area contributed by atoms with E-state index in [9.17, 15) is 19.8 Å². The van der Waals surface area contributed by atoms with Crippen molar-refractivity contribution in [2.24, 2.45) is 0 Å². The molecule has 0 spiro atoms. The summed E-state index contributed by atoms with van der Waals surface area (Å²) in [6, 6.07) is 23.6. The first kappa shape index (κ1) is 28.7. The summed E-state index contributed by atoms with van der Waals surface area (Å²) in [5.41, 5.74) is 3.35. The molecule has 0 fully saturated rings. The Bertz CT molecular complexity index is 1500. The average molecular weight is 561 g/mol. The molecule has 1 aromatic heterocycles. The lowest BCUT2D eigenvalue weighted by Gasteiger charge is -2.25. The number of anilines is 2. The number of aromatic amines is 1. The molecule has 0 aliphatic rings. The highest BCUT2D eigenvalue weighted by molar-refractivity contribution is 7.71. The first-order chi connectivity index (χ1) is 19.3. The highest BCUT2D eigenvalue weighted by Gasteiger charge is 2.22. The number of carbonyl (C=O) groups is 2. The zero-order valence-electron chi connectivity index (χ0n) is 22.1. The predicted molar refractivity (Wildman–Crippen MR) is 153 cm³/mol. The summed E-state index contributed by atoms with van der Waals surface area (Å²) in [5.74, 6) is -2.13. The van der Waals surface area contributed by atoms with Gasteiger partial charge in [-0.05, 0) is 54.5 Å². The standard InChI is InChI=1S/C29H31N5O5S/c1-33(22-13-11-19(12-14-22)26(28(37)38)24(35)15-16-39-2)18-25(36)30-21-9-6-10-23(17-21)34-27(31-32-29(34)40)20-7-4-3-5-8-20/h3-14,17,24,26,35H,15-16,18H2,1-2H3,(H,30,36)(H,32,40)(H,37,38)/p-1. The van der Waals surface area contributed by atoms with Crippen LogP contribution in [0.25, 0.3) is 17.1 Å². The van der Waals surface area contributed by atoms with Gasteiger partial charge in [-0.3, -0.25) is 14.5 Å². The van der Waals surface area contributed by atoms with E-state index in [1.165, 1.54) is 7.11 Å². The van der Waals surface area contributed by atoms with Crippen LogP contribution in [0.3, 0.4) is 0 Å². The van der Waals surface area contributed by atoms with Gasteiger partial charge in [0.15, 0.2) is 10.6 Å². The van der Waals surface area contributed by atoms with Crippen LogP contribution in [0.5, 0.6) is 0 Å². The van der Waals surface area contributed by atoms with E-state index in [1.807, 2.05) is 48.5 Å². The number of H-pyrrole nitrogens is 1. The Labute approximate surface area is 236 Å². The molecule has 0 saturated carbocycles. The number of ether oxygens (including phenoxy) is 1. The van der Waals surface area contributed by atoms with E-state index < -0.39 is 18.0 Å². The van der Waals surface area contributed by atoms with Crippen LogP contribution in [0, 0.1) is 4.77 Å². The summed E-state index contributed by atoms with van der Waals surface area (Å²) in [5, 5.41) is 32.1. The Hall–Kier alpha value is -4.32. The number of amides is 1. The van der Waals surface area contributed by atoms with E-state index in [0.717, 1.165) is 11.3 Å². The second-order valence-electron chi connectivity index (χ2n) is 9.25. The minimum atomic E-state index is -1.36. The van der Waals surface area contributed by atoms with Gasteiger partial charge in [-0.2, -0.15) is 5.10 Å². The van der Waals surface area contributed by atoms with Crippen LogP contribution in [0.15, 0.2) is 78.9 Å². The maximum atomic E-state index is 12.9. The Balaban J connectivity index is 1.44. The van der Waals surface area contributed by atoms with Crippen LogP contribution in [0.1, 0.15) is 17.9 Å². The van der Waals surface area contributed by atoms with Gasteiger partial charge >= 0.3 is 0 Å². The number of rotatable bonds is 12. The second-order valence-corrected chi connectivity index (χ2v) is 9.63. The molecule has 0 aliphatic carbocycles. The molecule has 40 heavy (non-hydrogen) atoms. The minimum absolute atomic E-state index is 0.0460. The third-order valence-corrected chi connectivity index (χ3v) is 6.70. The van der Waals surface area contributed by atoms with E-state index in [0.29, 0.717) is 27.5 Å². The fraction of sp³-hybridized carbons (Fsp3) is 0.241. The van der Waals surface area contributed by atoms with Crippen molar-refractivity contribution >= 4 is 35.5 Å². The lowest BCUT2D eigenvalue weighted by atomic mass is 9.91. The van der Waals surface area contributed by atoms with Gasteiger partial charge in [0, 0.05) is 43.6 Å². The number of hydrogen-bond acceptors (Lipinski definition) is 8. The molecule has 1 amide bonds. The van der Waals surface area contributed by atoms with Gasteiger partial charge in [-0.1, -0.05) is 48.5 Å². The number of carboxylic acid groups (broad SMARTS) is 1. The average Bonchev–Trinajstić information content (AvgIpc) is 3.34. The number of methoxy groups -OCH3 is 1. The van der Waals surface area contributed by atoms with Crippen molar-refractivity contribution in [3.63, 3.8) is 0 Å². The number of likely N-dealkylation sites (N-methyl/N-ethyl adjacent to an activating group) is 1. The molecular weight excluding hydrogens is 530 g/mol. The number of nitrogens with zero attached hydrogens (tertiary/aromatic N) is 3. The van der Waals surface area contributed by atoms with Crippen molar-refractivity contribution in [1.82, 2.24) is 14.8 Å². The van der Waals surface area contributed by atoms with E-state index >= 15 is 0 Å². The normalized spacial score (nSPS) is 12.5. The molecular formula is C29H30N5O5S-. The Morgan fingerprint density at radius 3 is 2.52 bits per heavy atom. The van der Waals surface area contributed by atoms with Gasteiger partial charge in [0.1, 0.15) is 0 Å². The molecule has 0 radical (unpaired) electrons. The Morgan fingerprint density at radius 2 is 1.85 bits per heavy atom.